The molecule has 3 aromatic rings. The van der Waals surface area contributed by atoms with Crippen molar-refractivity contribution in [2.24, 2.45) is 5.10 Å². The minimum atomic E-state index is -0.112. The molecule has 3 nitrogen and oxygen atoms in total. The van der Waals surface area contributed by atoms with Crippen molar-refractivity contribution in [2.75, 3.05) is 5.75 Å². The van der Waals surface area contributed by atoms with Gasteiger partial charge in [0.05, 0.1) is 11.5 Å². The number of nitrogens with zero attached hydrogens (tertiary/aromatic N) is 1. The summed E-state index contributed by atoms with van der Waals surface area (Å²) in [6.07, 6.45) is 0. The Bertz CT molecular complexity index is 1020. The number of benzene rings is 3. The fraction of sp³-hybridized carbons (Fsp3) is 0.182. The number of hydrogen-bond donors (Lipinski definition) is 1. The van der Waals surface area contributed by atoms with Crippen molar-refractivity contribution in [2.45, 2.75) is 25.7 Å². The molecule has 1 N–H and O–H groups in total. The minimum absolute atomic E-state index is 0.112. The molecule has 0 aliphatic carbocycles. The molecule has 0 radical (unpaired) electrons. The molecule has 0 aromatic heterocycles. The number of carbonyl (C=O) groups is 1. The molecule has 0 unspecified atom stereocenters. The number of hydrogen-bond acceptors (Lipinski definition) is 3. The van der Waals surface area contributed by atoms with E-state index >= 15 is 0 Å². The molecule has 0 atom stereocenters. The third kappa shape index (κ3) is 4.79. The zero-order valence-corrected chi connectivity index (χ0v) is 17.9. The Morgan fingerprint density at radius 2 is 1.81 bits per heavy atom. The first kappa shape index (κ1) is 19.6. The van der Waals surface area contributed by atoms with Crippen LogP contribution >= 0.6 is 27.7 Å². The SMILES string of the molecule is CC(=NNC(=O)CSc1cc(C)c(Br)cc1C)c1cccc2ccccc12. The van der Waals surface area contributed by atoms with E-state index < -0.39 is 0 Å². The molecule has 27 heavy (non-hydrogen) atoms. The zero-order valence-electron chi connectivity index (χ0n) is 15.5. The van der Waals surface area contributed by atoms with Crippen molar-refractivity contribution in [3.05, 3.63) is 75.8 Å². The van der Waals surface area contributed by atoms with E-state index in [0.717, 1.165) is 42.5 Å². The predicted molar refractivity (Wildman–Crippen MR) is 119 cm³/mol. The van der Waals surface area contributed by atoms with Gasteiger partial charge in [0.2, 0.25) is 5.91 Å². The second kappa shape index (κ2) is 8.72. The second-order valence-corrected chi connectivity index (χ2v) is 8.29. The van der Waals surface area contributed by atoms with Crippen LogP contribution in [0, 0.1) is 13.8 Å². The van der Waals surface area contributed by atoms with Gasteiger partial charge in [-0.25, -0.2) is 5.43 Å². The molecule has 0 saturated heterocycles. The maximum atomic E-state index is 12.2. The summed E-state index contributed by atoms with van der Waals surface area (Å²) in [6.45, 7) is 6.01. The summed E-state index contributed by atoms with van der Waals surface area (Å²) in [5.41, 5.74) is 6.81. The number of thioether (sulfide) groups is 1. The quantitative estimate of drug-likeness (QED) is 0.307. The predicted octanol–water partition coefficient (Wildman–Crippen LogP) is 5.85. The zero-order chi connectivity index (χ0) is 19.4. The highest BCUT2D eigenvalue weighted by atomic mass is 79.9. The number of amides is 1. The molecule has 0 saturated carbocycles. The van der Waals surface area contributed by atoms with Crippen LogP contribution in [0.5, 0.6) is 0 Å². The van der Waals surface area contributed by atoms with Crippen LogP contribution in [0.4, 0.5) is 0 Å². The topological polar surface area (TPSA) is 41.5 Å². The van der Waals surface area contributed by atoms with E-state index in [0.29, 0.717) is 5.75 Å². The first-order valence-electron chi connectivity index (χ1n) is 8.66. The Morgan fingerprint density at radius 1 is 1.07 bits per heavy atom. The highest BCUT2D eigenvalue weighted by molar-refractivity contribution is 9.10. The van der Waals surface area contributed by atoms with E-state index in [1.54, 1.807) is 0 Å². The number of aryl methyl sites for hydroxylation is 2. The fourth-order valence-electron chi connectivity index (χ4n) is 2.83. The number of halogens is 1. The van der Waals surface area contributed by atoms with Crippen LogP contribution in [0.1, 0.15) is 23.6 Å². The lowest BCUT2D eigenvalue weighted by Crippen LogP contribution is -2.21. The van der Waals surface area contributed by atoms with Gasteiger partial charge in [0, 0.05) is 14.9 Å². The molecule has 0 fully saturated rings. The summed E-state index contributed by atoms with van der Waals surface area (Å²) in [5, 5.41) is 6.60. The fourth-order valence-corrected chi connectivity index (χ4v) is 4.19. The van der Waals surface area contributed by atoms with Crippen molar-refractivity contribution >= 4 is 50.1 Å². The van der Waals surface area contributed by atoms with E-state index in [1.165, 1.54) is 11.8 Å². The molecule has 0 bridgehead atoms. The van der Waals surface area contributed by atoms with Crippen LogP contribution in [-0.4, -0.2) is 17.4 Å². The van der Waals surface area contributed by atoms with Gasteiger partial charge in [-0.2, -0.15) is 5.10 Å². The van der Waals surface area contributed by atoms with Crippen LogP contribution < -0.4 is 5.43 Å². The summed E-state index contributed by atoms with van der Waals surface area (Å²) in [4.78, 5) is 13.3. The van der Waals surface area contributed by atoms with Crippen LogP contribution in [0.15, 0.2) is 69.1 Å². The van der Waals surface area contributed by atoms with Gasteiger partial charge < -0.3 is 0 Å². The Labute approximate surface area is 172 Å². The highest BCUT2D eigenvalue weighted by Crippen LogP contribution is 2.28. The summed E-state index contributed by atoms with van der Waals surface area (Å²) in [7, 11) is 0. The number of rotatable bonds is 5. The van der Waals surface area contributed by atoms with Crippen LogP contribution in [0.3, 0.4) is 0 Å². The molecule has 5 heteroatoms. The number of hydrazone groups is 1. The second-order valence-electron chi connectivity index (χ2n) is 6.41. The smallest absolute Gasteiger partial charge is 0.250 e. The van der Waals surface area contributed by atoms with Crippen LogP contribution in [0.2, 0.25) is 0 Å². The first-order chi connectivity index (χ1) is 13.0. The van der Waals surface area contributed by atoms with Gasteiger partial charge in [-0.15, -0.1) is 11.8 Å². The van der Waals surface area contributed by atoms with Gasteiger partial charge in [0.25, 0.3) is 0 Å². The van der Waals surface area contributed by atoms with E-state index in [9.17, 15) is 4.79 Å². The van der Waals surface area contributed by atoms with E-state index in [-0.39, 0.29) is 5.91 Å². The van der Waals surface area contributed by atoms with Gasteiger partial charge in [-0.05, 0) is 54.8 Å². The highest BCUT2D eigenvalue weighted by Gasteiger charge is 2.08. The van der Waals surface area contributed by atoms with Crippen LogP contribution in [0.25, 0.3) is 10.8 Å². The minimum Gasteiger partial charge on any atom is -0.272 e. The molecule has 0 heterocycles. The molecule has 0 aliphatic rings. The average Bonchev–Trinajstić information content (AvgIpc) is 2.67. The van der Waals surface area contributed by atoms with Gasteiger partial charge in [-0.3, -0.25) is 4.79 Å². The summed E-state index contributed by atoms with van der Waals surface area (Å²) >= 11 is 5.06. The number of nitrogens with one attached hydrogen (secondary N) is 1. The third-order valence-electron chi connectivity index (χ3n) is 4.34. The summed E-state index contributed by atoms with van der Waals surface area (Å²) in [6, 6.07) is 18.5. The Balaban J connectivity index is 1.67. The lowest BCUT2D eigenvalue weighted by molar-refractivity contribution is -0.118. The first-order valence-corrected chi connectivity index (χ1v) is 10.4. The molecule has 0 aliphatic heterocycles. The monoisotopic (exact) mass is 440 g/mol. The maximum Gasteiger partial charge on any atom is 0.250 e. The molecule has 138 valence electrons. The van der Waals surface area contributed by atoms with Crippen molar-refractivity contribution in [3.63, 3.8) is 0 Å². The maximum absolute atomic E-state index is 12.2. The molecule has 3 rings (SSSR count). The third-order valence-corrected chi connectivity index (χ3v) is 6.35. The van der Waals surface area contributed by atoms with Crippen molar-refractivity contribution < 1.29 is 4.79 Å². The van der Waals surface area contributed by atoms with E-state index in [2.05, 4.69) is 56.8 Å². The lowest BCUT2D eigenvalue weighted by Gasteiger charge is -2.09. The standard InChI is InChI=1S/C22H21BrN2OS/c1-14-12-21(15(2)11-20(14)23)27-13-22(26)25-24-16(3)18-10-6-8-17-7-4-5-9-19(17)18/h4-12H,13H2,1-3H3,(H,25,26). The largest absolute Gasteiger partial charge is 0.272 e. The molecule has 0 spiro atoms. The normalized spacial score (nSPS) is 11.6. The molecular weight excluding hydrogens is 420 g/mol. The average molecular weight is 441 g/mol. The number of fused-ring (bicyclic) bond motifs is 1. The Kier molecular flexibility index (Phi) is 6.34. The van der Waals surface area contributed by atoms with Gasteiger partial charge >= 0.3 is 0 Å². The Morgan fingerprint density at radius 3 is 2.63 bits per heavy atom. The van der Waals surface area contributed by atoms with Crippen molar-refractivity contribution in [3.8, 4) is 0 Å². The number of carbonyl (C=O) groups excluding carboxylic acids is 1. The van der Waals surface area contributed by atoms with Crippen molar-refractivity contribution in [1.82, 2.24) is 5.43 Å². The van der Waals surface area contributed by atoms with Gasteiger partial charge in [-0.1, -0.05) is 58.4 Å². The van der Waals surface area contributed by atoms with Crippen molar-refractivity contribution in [1.29, 1.82) is 0 Å². The molecule has 3 aromatic carbocycles. The summed E-state index contributed by atoms with van der Waals surface area (Å²) < 4.78 is 1.09. The lowest BCUT2D eigenvalue weighted by atomic mass is 10.0. The molecular formula is C22H21BrN2OS. The Hall–Kier alpha value is -2.11. The van der Waals surface area contributed by atoms with E-state index in [1.807, 2.05) is 45.0 Å². The molecule has 1 amide bonds. The van der Waals surface area contributed by atoms with Gasteiger partial charge in [0.1, 0.15) is 0 Å². The van der Waals surface area contributed by atoms with Crippen LogP contribution in [-0.2, 0) is 4.79 Å². The van der Waals surface area contributed by atoms with E-state index in [4.69, 9.17) is 0 Å². The summed E-state index contributed by atoms with van der Waals surface area (Å²) in [5.74, 6) is 0.216. The van der Waals surface area contributed by atoms with Gasteiger partial charge in [0.15, 0.2) is 0 Å².